The highest BCUT2D eigenvalue weighted by Gasteiger charge is 1.97. The highest BCUT2D eigenvalue weighted by atomic mass is 17.2. The first kappa shape index (κ1) is 18.2. The third kappa shape index (κ3) is 17.2. The van der Waals surface area contributed by atoms with Crippen LogP contribution in [-0.2, 0) is 9.78 Å². The Morgan fingerprint density at radius 1 is 0.789 bits per heavy atom. The summed E-state index contributed by atoms with van der Waals surface area (Å²) in [5, 5.41) is 8.16. The smallest absolute Gasteiger partial charge is 0.448 e. The molecule has 4 heteroatoms. The van der Waals surface area contributed by atoms with E-state index in [1.807, 2.05) is 0 Å². The largest absolute Gasteiger partial charge is 0.537 e. The van der Waals surface area contributed by atoms with Gasteiger partial charge in [-0.2, -0.15) is 4.89 Å². The van der Waals surface area contributed by atoms with Crippen molar-refractivity contribution in [3.8, 4) is 0 Å². The molecule has 0 spiro atoms. The molecule has 19 heavy (non-hydrogen) atoms. The zero-order valence-electron chi connectivity index (χ0n) is 12.4. The van der Waals surface area contributed by atoms with Crippen molar-refractivity contribution in [3.63, 3.8) is 0 Å². The number of unbranched alkanes of at least 4 members (excludes halogenated alkanes) is 11. The lowest BCUT2D eigenvalue weighted by Gasteiger charge is -2.02. The molecule has 0 bridgehead atoms. The molecule has 0 rings (SSSR count). The minimum Gasteiger partial charge on any atom is -0.448 e. The van der Waals surface area contributed by atoms with Crippen molar-refractivity contribution in [2.24, 2.45) is 0 Å². The maximum atomic E-state index is 9.97. The number of hydrogen-bond donors (Lipinski definition) is 1. The summed E-state index contributed by atoms with van der Waals surface area (Å²) in [6.07, 6.45) is 14.0. The van der Waals surface area contributed by atoms with Crippen molar-refractivity contribution in [2.75, 3.05) is 6.61 Å². The highest BCUT2D eigenvalue weighted by Crippen LogP contribution is 2.11. The molecule has 0 radical (unpaired) electrons. The predicted octanol–water partition coefficient (Wildman–Crippen LogP) is 5.31. The van der Waals surface area contributed by atoms with Crippen LogP contribution in [0.2, 0.25) is 0 Å². The Labute approximate surface area is 117 Å². The van der Waals surface area contributed by atoms with Gasteiger partial charge in [-0.3, -0.25) is 4.89 Å². The summed E-state index contributed by atoms with van der Waals surface area (Å²) in [4.78, 5) is 18.4. The molecule has 0 unspecified atom stereocenters. The lowest BCUT2D eigenvalue weighted by Crippen LogP contribution is -2.02. The van der Waals surface area contributed by atoms with Crippen LogP contribution in [0.5, 0.6) is 0 Å². The van der Waals surface area contributed by atoms with Crippen LogP contribution in [0.15, 0.2) is 0 Å². The van der Waals surface area contributed by atoms with E-state index in [2.05, 4.69) is 16.7 Å². The van der Waals surface area contributed by atoms with Gasteiger partial charge in [0, 0.05) is 0 Å². The van der Waals surface area contributed by atoms with Crippen molar-refractivity contribution >= 4 is 6.16 Å². The average Bonchev–Trinajstić information content (AvgIpc) is 2.39. The molecule has 114 valence electrons. The van der Waals surface area contributed by atoms with E-state index in [0.29, 0.717) is 6.61 Å². The molecule has 0 saturated heterocycles. The van der Waals surface area contributed by atoms with Gasteiger partial charge in [0.2, 0.25) is 0 Å². The second kappa shape index (κ2) is 15.3. The summed E-state index contributed by atoms with van der Waals surface area (Å²) in [5.41, 5.74) is 0. The van der Waals surface area contributed by atoms with E-state index in [-0.39, 0.29) is 0 Å². The van der Waals surface area contributed by atoms with E-state index < -0.39 is 6.16 Å². The molecule has 4 nitrogen and oxygen atoms in total. The van der Waals surface area contributed by atoms with Crippen LogP contribution in [0.3, 0.4) is 0 Å². The van der Waals surface area contributed by atoms with E-state index >= 15 is 0 Å². The zero-order valence-corrected chi connectivity index (χ0v) is 12.4. The molecule has 0 saturated carbocycles. The first-order chi connectivity index (χ1) is 9.27. The Balaban J connectivity index is 2.93. The first-order valence-corrected chi connectivity index (χ1v) is 7.79. The van der Waals surface area contributed by atoms with E-state index in [1.165, 1.54) is 64.2 Å². The minimum atomic E-state index is -1.38. The summed E-state index contributed by atoms with van der Waals surface area (Å²) in [5.74, 6) is 0. The van der Waals surface area contributed by atoms with Gasteiger partial charge in [0.15, 0.2) is 0 Å². The molecule has 0 aliphatic heterocycles. The van der Waals surface area contributed by atoms with Crippen molar-refractivity contribution in [1.29, 1.82) is 0 Å². The van der Waals surface area contributed by atoms with Gasteiger partial charge in [-0.25, -0.2) is 4.79 Å². The number of hydrogen-bond acceptors (Lipinski definition) is 3. The zero-order chi connectivity index (χ0) is 14.2. The normalized spacial score (nSPS) is 10.6. The summed E-state index contributed by atoms with van der Waals surface area (Å²) in [6.45, 7) is 2.61. The minimum absolute atomic E-state index is 0.365. The molecule has 0 aliphatic rings. The van der Waals surface area contributed by atoms with Gasteiger partial charge in [-0.05, 0) is 6.42 Å². The monoisotopic (exact) mass is 274 g/mol. The van der Waals surface area contributed by atoms with Crippen molar-refractivity contribution in [3.05, 3.63) is 0 Å². The quantitative estimate of drug-likeness (QED) is 0.265. The van der Waals surface area contributed by atoms with Crippen molar-refractivity contribution in [1.82, 2.24) is 0 Å². The van der Waals surface area contributed by atoms with Gasteiger partial charge in [-0.1, -0.05) is 77.6 Å². The lowest BCUT2D eigenvalue weighted by atomic mass is 10.1. The number of rotatable bonds is 14. The van der Waals surface area contributed by atoms with Crippen LogP contribution in [0.1, 0.15) is 84.0 Å². The second-order valence-electron chi connectivity index (χ2n) is 5.06. The number of carbonyl (C=O) groups is 1. The molecule has 0 aromatic carbocycles. The van der Waals surface area contributed by atoms with Gasteiger partial charge in [0.1, 0.15) is 0 Å². The molecule has 0 aromatic rings. The number of carboxylic acid groups (broad SMARTS) is 1. The molecule has 0 heterocycles. The Morgan fingerprint density at radius 2 is 1.21 bits per heavy atom. The Bertz CT molecular complexity index is 195. The maximum Gasteiger partial charge on any atom is 0.537 e. The Morgan fingerprint density at radius 3 is 1.63 bits per heavy atom. The van der Waals surface area contributed by atoms with Crippen molar-refractivity contribution < 1.29 is 19.7 Å². The van der Waals surface area contributed by atoms with Gasteiger partial charge in [-0.15, -0.1) is 0 Å². The molecule has 1 N–H and O–H groups in total. The Hall–Kier alpha value is -0.770. The third-order valence-corrected chi connectivity index (χ3v) is 3.21. The molecular weight excluding hydrogens is 244 g/mol. The summed E-state index contributed by atoms with van der Waals surface area (Å²) in [7, 11) is 0. The third-order valence-electron chi connectivity index (χ3n) is 3.21. The first-order valence-electron chi connectivity index (χ1n) is 7.79. The van der Waals surface area contributed by atoms with Crippen LogP contribution in [-0.4, -0.2) is 17.9 Å². The fraction of sp³-hybridized carbons (Fsp3) is 0.933. The average molecular weight is 274 g/mol. The van der Waals surface area contributed by atoms with Gasteiger partial charge in [0.25, 0.3) is 0 Å². The summed E-state index contributed by atoms with van der Waals surface area (Å²) >= 11 is 0. The van der Waals surface area contributed by atoms with Gasteiger partial charge >= 0.3 is 6.16 Å². The van der Waals surface area contributed by atoms with Crippen LogP contribution in [0, 0.1) is 0 Å². The topological polar surface area (TPSA) is 55.8 Å². The van der Waals surface area contributed by atoms with E-state index in [9.17, 15) is 4.79 Å². The summed E-state index contributed by atoms with van der Waals surface area (Å²) < 4.78 is 0. The van der Waals surface area contributed by atoms with Gasteiger partial charge in [0.05, 0.1) is 6.61 Å². The van der Waals surface area contributed by atoms with Crippen LogP contribution in [0.25, 0.3) is 0 Å². The van der Waals surface area contributed by atoms with Crippen LogP contribution >= 0.6 is 0 Å². The molecule has 0 aromatic heterocycles. The highest BCUT2D eigenvalue weighted by molar-refractivity contribution is 5.55. The molecule has 0 fully saturated rings. The SMILES string of the molecule is CCCCCCCCCCCCCCOOC(=O)O. The standard InChI is InChI=1S/C15H30O4/c1-2-3-4-5-6-7-8-9-10-11-12-13-14-18-19-15(16)17/h2-14H2,1H3,(H,16,17). The lowest BCUT2D eigenvalue weighted by molar-refractivity contribution is -0.251. The predicted molar refractivity (Wildman–Crippen MR) is 76.1 cm³/mol. The van der Waals surface area contributed by atoms with E-state index in [1.54, 1.807) is 0 Å². The molecular formula is C15H30O4. The van der Waals surface area contributed by atoms with Crippen LogP contribution in [0.4, 0.5) is 4.79 Å². The fourth-order valence-corrected chi connectivity index (χ4v) is 2.09. The molecule has 0 amide bonds. The van der Waals surface area contributed by atoms with E-state index in [4.69, 9.17) is 5.11 Å². The maximum absolute atomic E-state index is 9.97. The molecule has 0 aliphatic carbocycles. The van der Waals surface area contributed by atoms with Crippen LogP contribution < -0.4 is 0 Å². The molecule has 0 atom stereocenters. The fourth-order valence-electron chi connectivity index (χ4n) is 2.09. The Kier molecular flexibility index (Phi) is 14.7. The van der Waals surface area contributed by atoms with Gasteiger partial charge < -0.3 is 5.11 Å². The van der Waals surface area contributed by atoms with E-state index in [0.717, 1.165) is 12.8 Å². The summed E-state index contributed by atoms with van der Waals surface area (Å²) in [6, 6.07) is 0. The second-order valence-corrected chi connectivity index (χ2v) is 5.06. The van der Waals surface area contributed by atoms with Crippen molar-refractivity contribution in [2.45, 2.75) is 84.0 Å².